The Kier molecular flexibility index (Phi) is 4.38. The SMILES string of the molecule is CC(C)(C)[Si](C)(C)OCCC1C=CCC1O. The van der Waals surface area contributed by atoms with Crippen LogP contribution >= 0.6 is 0 Å². The summed E-state index contributed by atoms with van der Waals surface area (Å²) in [6.07, 6.45) is 5.78. The van der Waals surface area contributed by atoms with Crippen LogP contribution in [-0.4, -0.2) is 26.1 Å². The molecule has 0 radical (unpaired) electrons. The van der Waals surface area contributed by atoms with Crippen molar-refractivity contribution in [3.8, 4) is 0 Å². The summed E-state index contributed by atoms with van der Waals surface area (Å²) in [6.45, 7) is 12.1. The molecule has 1 aliphatic carbocycles. The zero-order chi connectivity index (χ0) is 12.4. The predicted octanol–water partition coefficient (Wildman–Crippen LogP) is 3.34. The van der Waals surface area contributed by atoms with Gasteiger partial charge in [-0.25, -0.2) is 0 Å². The molecule has 0 fully saturated rings. The summed E-state index contributed by atoms with van der Waals surface area (Å²) in [5, 5.41) is 9.95. The maximum Gasteiger partial charge on any atom is 0.191 e. The lowest BCUT2D eigenvalue weighted by Gasteiger charge is -2.36. The van der Waals surface area contributed by atoms with E-state index in [1.54, 1.807) is 0 Å². The molecule has 1 aliphatic rings. The molecule has 0 saturated carbocycles. The molecular weight excluding hydrogens is 216 g/mol. The Morgan fingerprint density at radius 1 is 1.38 bits per heavy atom. The third-order valence-corrected chi connectivity index (χ3v) is 8.51. The van der Waals surface area contributed by atoms with Crippen LogP contribution < -0.4 is 0 Å². The molecule has 2 atom stereocenters. The molecule has 1 N–H and O–H groups in total. The second-order valence-corrected chi connectivity index (χ2v) is 11.1. The van der Waals surface area contributed by atoms with E-state index in [1.807, 2.05) is 0 Å². The number of hydrogen-bond donors (Lipinski definition) is 1. The first-order chi connectivity index (χ1) is 7.24. The molecule has 0 aromatic rings. The maximum atomic E-state index is 9.67. The quantitative estimate of drug-likeness (QED) is 0.605. The zero-order valence-corrected chi connectivity index (χ0v) is 12.3. The molecule has 0 spiro atoms. The fourth-order valence-electron chi connectivity index (χ4n) is 1.65. The van der Waals surface area contributed by atoms with Gasteiger partial charge in [0, 0.05) is 12.5 Å². The van der Waals surface area contributed by atoms with E-state index in [9.17, 15) is 5.11 Å². The molecule has 0 heterocycles. The molecule has 2 unspecified atom stereocenters. The van der Waals surface area contributed by atoms with Crippen LogP contribution in [0.1, 0.15) is 33.6 Å². The van der Waals surface area contributed by atoms with Gasteiger partial charge in [-0.15, -0.1) is 0 Å². The van der Waals surface area contributed by atoms with Crippen molar-refractivity contribution in [2.45, 2.75) is 57.8 Å². The van der Waals surface area contributed by atoms with E-state index >= 15 is 0 Å². The molecule has 2 nitrogen and oxygen atoms in total. The van der Waals surface area contributed by atoms with Gasteiger partial charge in [0.2, 0.25) is 0 Å². The van der Waals surface area contributed by atoms with Crippen molar-refractivity contribution in [2.24, 2.45) is 5.92 Å². The highest BCUT2D eigenvalue weighted by Gasteiger charge is 2.37. The highest BCUT2D eigenvalue weighted by molar-refractivity contribution is 6.74. The van der Waals surface area contributed by atoms with Crippen LogP contribution in [0, 0.1) is 5.92 Å². The van der Waals surface area contributed by atoms with Crippen molar-refractivity contribution < 1.29 is 9.53 Å². The number of rotatable bonds is 4. The molecule has 16 heavy (non-hydrogen) atoms. The molecule has 0 aromatic heterocycles. The van der Waals surface area contributed by atoms with Gasteiger partial charge in [0.1, 0.15) is 0 Å². The highest BCUT2D eigenvalue weighted by Crippen LogP contribution is 2.36. The van der Waals surface area contributed by atoms with E-state index in [2.05, 4.69) is 46.0 Å². The van der Waals surface area contributed by atoms with Crippen molar-refractivity contribution in [1.29, 1.82) is 0 Å². The van der Waals surface area contributed by atoms with Crippen molar-refractivity contribution in [3.05, 3.63) is 12.2 Å². The molecule has 0 aliphatic heterocycles. The van der Waals surface area contributed by atoms with Crippen LogP contribution in [0.4, 0.5) is 0 Å². The van der Waals surface area contributed by atoms with Gasteiger partial charge in [-0.05, 0) is 31.0 Å². The average molecular weight is 242 g/mol. The Morgan fingerprint density at radius 3 is 2.44 bits per heavy atom. The second kappa shape index (κ2) is 5.03. The van der Waals surface area contributed by atoms with Gasteiger partial charge >= 0.3 is 0 Å². The van der Waals surface area contributed by atoms with Gasteiger partial charge in [-0.3, -0.25) is 0 Å². The van der Waals surface area contributed by atoms with Gasteiger partial charge in [0.25, 0.3) is 0 Å². The lowest BCUT2D eigenvalue weighted by molar-refractivity contribution is 0.126. The molecular formula is C13H26O2Si. The van der Waals surface area contributed by atoms with E-state index in [0.29, 0.717) is 5.92 Å². The third kappa shape index (κ3) is 3.44. The zero-order valence-electron chi connectivity index (χ0n) is 11.3. The molecule has 0 saturated heterocycles. The van der Waals surface area contributed by atoms with Crippen molar-refractivity contribution in [3.63, 3.8) is 0 Å². The molecule has 3 heteroatoms. The largest absolute Gasteiger partial charge is 0.417 e. The van der Waals surface area contributed by atoms with E-state index < -0.39 is 8.32 Å². The topological polar surface area (TPSA) is 29.5 Å². The Labute approximate surface area is 101 Å². The standard InChI is InChI=1S/C13H26O2Si/c1-13(2,3)16(4,5)15-10-9-11-7-6-8-12(11)14/h6-7,11-12,14H,8-10H2,1-5H3. The Bertz CT molecular complexity index is 253. The predicted molar refractivity (Wildman–Crippen MR) is 71.0 cm³/mol. The Morgan fingerprint density at radius 2 is 2.00 bits per heavy atom. The van der Waals surface area contributed by atoms with E-state index in [-0.39, 0.29) is 11.1 Å². The minimum Gasteiger partial charge on any atom is -0.417 e. The molecule has 0 aromatic carbocycles. The second-order valence-electron chi connectivity index (χ2n) is 6.29. The summed E-state index contributed by atoms with van der Waals surface area (Å²) in [7, 11) is -1.60. The van der Waals surface area contributed by atoms with E-state index in [4.69, 9.17) is 4.43 Å². The lowest BCUT2D eigenvalue weighted by Crippen LogP contribution is -2.41. The first-order valence-corrected chi connectivity index (χ1v) is 9.13. The van der Waals surface area contributed by atoms with Crippen LogP contribution in [0.25, 0.3) is 0 Å². The first kappa shape index (κ1) is 13.9. The normalized spacial score (nSPS) is 26.4. The molecule has 0 bridgehead atoms. The monoisotopic (exact) mass is 242 g/mol. The molecule has 0 amide bonds. The summed E-state index contributed by atoms with van der Waals surface area (Å²) in [6, 6.07) is 0. The smallest absolute Gasteiger partial charge is 0.191 e. The summed E-state index contributed by atoms with van der Waals surface area (Å²) in [4.78, 5) is 0. The lowest BCUT2D eigenvalue weighted by atomic mass is 10.0. The fourth-order valence-corrected chi connectivity index (χ4v) is 2.71. The minimum absolute atomic E-state index is 0.178. The maximum absolute atomic E-state index is 9.67. The minimum atomic E-state index is -1.60. The van der Waals surface area contributed by atoms with Crippen molar-refractivity contribution in [2.75, 3.05) is 6.61 Å². The molecule has 94 valence electrons. The van der Waals surface area contributed by atoms with E-state index in [1.165, 1.54) is 0 Å². The van der Waals surface area contributed by atoms with Gasteiger partial charge in [0.15, 0.2) is 8.32 Å². The summed E-state index contributed by atoms with van der Waals surface area (Å²) >= 11 is 0. The van der Waals surface area contributed by atoms with Crippen LogP contribution in [0.15, 0.2) is 12.2 Å². The van der Waals surface area contributed by atoms with Crippen LogP contribution in [0.5, 0.6) is 0 Å². The molecule has 1 rings (SSSR count). The average Bonchev–Trinajstić information content (AvgIpc) is 2.49. The summed E-state index contributed by atoms with van der Waals surface area (Å²) in [5.74, 6) is 0.310. The van der Waals surface area contributed by atoms with Gasteiger partial charge < -0.3 is 9.53 Å². The van der Waals surface area contributed by atoms with Crippen LogP contribution in [0.2, 0.25) is 18.1 Å². The van der Waals surface area contributed by atoms with E-state index in [0.717, 1.165) is 19.4 Å². The fraction of sp³-hybridized carbons (Fsp3) is 0.846. The Balaban J connectivity index is 2.33. The third-order valence-electron chi connectivity index (χ3n) is 3.98. The van der Waals surface area contributed by atoms with Crippen molar-refractivity contribution in [1.82, 2.24) is 0 Å². The summed E-state index contributed by atoms with van der Waals surface area (Å²) in [5.41, 5.74) is 0. The number of aliphatic hydroxyl groups excluding tert-OH is 1. The number of aliphatic hydroxyl groups is 1. The number of hydrogen-bond acceptors (Lipinski definition) is 2. The highest BCUT2D eigenvalue weighted by atomic mass is 28.4. The van der Waals surface area contributed by atoms with Crippen molar-refractivity contribution >= 4 is 8.32 Å². The van der Waals surface area contributed by atoms with Gasteiger partial charge in [-0.1, -0.05) is 32.9 Å². The van der Waals surface area contributed by atoms with Gasteiger partial charge in [0.05, 0.1) is 6.10 Å². The van der Waals surface area contributed by atoms with Crippen LogP contribution in [-0.2, 0) is 4.43 Å². The first-order valence-electron chi connectivity index (χ1n) is 6.23. The van der Waals surface area contributed by atoms with Gasteiger partial charge in [-0.2, -0.15) is 0 Å². The van der Waals surface area contributed by atoms with Crippen LogP contribution in [0.3, 0.4) is 0 Å². The Hall–Kier alpha value is -0.123. The summed E-state index contributed by atoms with van der Waals surface area (Å²) < 4.78 is 6.10.